The van der Waals surface area contributed by atoms with E-state index in [0.717, 1.165) is 338 Å². The zero-order chi connectivity index (χ0) is 101. The Bertz CT molecular complexity index is 7190. The van der Waals surface area contributed by atoms with Crippen molar-refractivity contribution in [3.8, 4) is 28.7 Å². The summed E-state index contributed by atoms with van der Waals surface area (Å²) in [7, 11) is 8.76. The largest absolute Gasteiger partial charge is 0.495 e. The van der Waals surface area contributed by atoms with Gasteiger partial charge in [0, 0.05) is 112 Å². The lowest BCUT2D eigenvalue weighted by atomic mass is 9.90. The number of methoxy groups -OCH3 is 5. The molecule has 0 spiro atoms. The normalized spacial score (nSPS) is 16.4. The molecule has 0 aromatic heterocycles. The first-order chi connectivity index (χ1) is 69.7. The van der Waals surface area contributed by atoms with Crippen LogP contribution in [0.15, 0.2) is 325 Å². The maximum absolute atomic E-state index is 6.53. The predicted octanol–water partition coefficient (Wildman–Crippen LogP) is 27.7. The molecule has 0 fully saturated rings. The smallest absolute Gasteiger partial charge is 0.137 e. The van der Waals surface area contributed by atoms with Crippen molar-refractivity contribution in [2.24, 2.45) is 25.0 Å². The van der Waals surface area contributed by atoms with Gasteiger partial charge in [-0.25, -0.2) is 25.0 Å². The van der Waals surface area contributed by atoms with Crippen molar-refractivity contribution in [3.05, 3.63) is 495 Å². The molecule has 0 amide bonds. The van der Waals surface area contributed by atoms with Crippen molar-refractivity contribution in [2.45, 2.75) is 138 Å². The molecule has 0 saturated carbocycles. The third-order valence-electron chi connectivity index (χ3n) is 28.7. The summed E-state index contributed by atoms with van der Waals surface area (Å²) in [5.41, 5.74) is 60.0. The number of nitrogens with one attached hydrogen (secondary N) is 5. The summed E-state index contributed by atoms with van der Waals surface area (Å²) < 4.78 is 32.6. The van der Waals surface area contributed by atoms with Crippen LogP contribution in [0.1, 0.15) is 195 Å². The van der Waals surface area contributed by atoms with E-state index >= 15 is 0 Å². The highest BCUT2D eigenvalue weighted by atomic mass is 16.5. The maximum atomic E-state index is 6.53. The van der Waals surface area contributed by atoms with Crippen LogP contribution < -0.4 is 50.3 Å². The minimum absolute atomic E-state index is 0.719. The van der Waals surface area contributed by atoms with E-state index in [9.17, 15) is 0 Å². The predicted molar refractivity (Wildman–Crippen MR) is 601 cm³/mol. The van der Waals surface area contributed by atoms with Crippen LogP contribution in [0.2, 0.25) is 0 Å². The van der Waals surface area contributed by atoms with Crippen molar-refractivity contribution in [1.29, 1.82) is 0 Å². The highest BCUT2D eigenvalue weighted by Crippen LogP contribution is 2.49. The van der Waals surface area contributed by atoms with Crippen LogP contribution in [0.25, 0.3) is 56.4 Å². The Morgan fingerprint density at radius 3 is 0.434 bits per heavy atom. The van der Waals surface area contributed by atoms with Crippen LogP contribution in [0.5, 0.6) is 28.7 Å². The molecule has 10 aromatic rings. The highest BCUT2D eigenvalue weighted by Gasteiger charge is 2.35. The minimum atomic E-state index is 0.719. The second-order valence-electron chi connectivity index (χ2n) is 40.4. The monoisotopic (exact) mass is 1900 g/mol. The summed E-state index contributed by atoms with van der Waals surface area (Å²) in [5.74, 6) is 3.59. The quantitative estimate of drug-likeness (QED) is 0.0889. The number of hydrogen-bond acceptors (Lipinski definition) is 15. The Morgan fingerprint density at radius 1 is 0.166 bits per heavy atom. The summed E-state index contributed by atoms with van der Waals surface area (Å²) in [6.45, 7) is 43.4. The fraction of sp³-hybridized carbons (Fsp3) is 0.192. The summed E-state index contributed by atoms with van der Waals surface area (Å²) in [6, 6.07) is 44.4. The molecule has 0 atom stereocenters. The average Bonchev–Trinajstić information content (AvgIpc) is 1.74. The first-order valence-electron chi connectivity index (χ1n) is 49.7. The van der Waals surface area contributed by atoms with Gasteiger partial charge in [0.1, 0.15) is 28.7 Å². The lowest BCUT2D eigenvalue weighted by Crippen LogP contribution is -2.22. The van der Waals surface area contributed by atoms with Gasteiger partial charge >= 0.3 is 0 Å². The van der Waals surface area contributed by atoms with Crippen LogP contribution in [-0.2, 0) is 0 Å². The Labute approximate surface area is 851 Å². The summed E-state index contributed by atoms with van der Waals surface area (Å²) in [6.07, 6.45) is 43.5. The number of rotatable bonds is 10. The molecule has 0 saturated heterocycles. The molecule has 10 aromatic carbocycles. The molecular formula is C130H120N10O5. The van der Waals surface area contributed by atoms with E-state index in [1.54, 1.807) is 35.5 Å². The number of hydrogen-bond donors (Lipinski definition) is 5. The van der Waals surface area contributed by atoms with Gasteiger partial charge in [-0.15, -0.1) is 0 Å². The molecule has 720 valence electrons. The van der Waals surface area contributed by atoms with E-state index in [0.29, 0.717) is 0 Å². The molecular weight excluding hydrogens is 1780 g/mol. The van der Waals surface area contributed by atoms with Crippen LogP contribution in [0.3, 0.4) is 0 Å². The molecule has 16 heterocycles. The Kier molecular flexibility index (Phi) is 24.4. The van der Waals surface area contributed by atoms with Gasteiger partial charge in [-0.1, -0.05) is 88.5 Å². The molecule has 16 aliphatic heterocycles. The number of aliphatic imine (C=N–C) groups is 5. The lowest BCUT2D eigenvalue weighted by molar-refractivity contribution is 0.412. The zero-order valence-electron chi connectivity index (χ0n) is 87.4. The van der Waals surface area contributed by atoms with Gasteiger partial charge in [-0.3, -0.25) is 0 Å². The topological polar surface area (TPSA) is 168 Å². The van der Waals surface area contributed by atoms with Crippen molar-refractivity contribution in [2.75, 3.05) is 35.5 Å². The van der Waals surface area contributed by atoms with Crippen molar-refractivity contribution < 1.29 is 23.7 Å². The zero-order valence-corrected chi connectivity index (χ0v) is 87.4. The van der Waals surface area contributed by atoms with E-state index in [-0.39, 0.29) is 0 Å². The van der Waals surface area contributed by atoms with Crippen LogP contribution in [-0.4, -0.2) is 64.1 Å². The van der Waals surface area contributed by atoms with Crippen molar-refractivity contribution in [1.82, 2.24) is 26.6 Å². The molecule has 5 N–H and O–H groups in total. The first-order valence-corrected chi connectivity index (χ1v) is 49.7. The molecule has 16 aliphatic rings. The molecule has 0 unspecified atom stereocenters. The molecule has 15 nitrogen and oxygen atoms in total. The van der Waals surface area contributed by atoms with E-state index in [1.807, 2.05) is 0 Å². The maximum Gasteiger partial charge on any atom is 0.137 e. The fourth-order valence-electron chi connectivity index (χ4n) is 23.0. The minimum Gasteiger partial charge on any atom is -0.495 e. The van der Waals surface area contributed by atoms with E-state index < -0.39 is 0 Å². The Hall–Kier alpha value is -16.7. The van der Waals surface area contributed by atoms with Crippen molar-refractivity contribution in [3.63, 3.8) is 0 Å². The molecule has 26 rings (SSSR count). The second kappa shape index (κ2) is 37.3. The van der Waals surface area contributed by atoms with Crippen LogP contribution in [0.4, 0.5) is 0 Å². The summed E-state index contributed by atoms with van der Waals surface area (Å²) in [5, 5.41) is 19.1. The molecule has 15 heteroatoms. The van der Waals surface area contributed by atoms with Gasteiger partial charge in [-0.05, 0) is 432 Å². The van der Waals surface area contributed by atoms with E-state index in [1.165, 1.54) is 27.8 Å². The summed E-state index contributed by atoms with van der Waals surface area (Å²) >= 11 is 0. The third-order valence-corrected chi connectivity index (χ3v) is 28.7. The van der Waals surface area contributed by atoms with Crippen molar-refractivity contribution >= 4 is 84.9 Å². The standard InChI is InChI=1S/C130H120N10O5/c1-66-36-76(11)121(77(12)37-66)91-56-86-61-116(131-86)101-51-72(7)47-97(127(101)142-22)112-32-27-107(137-112)93(123-80(15)40-68(3)41-81(123)16)58-88-63-118(133-88)103-53-74(9)49-99(129(103)144-24)114-34-29-109(139-114)95(125-84(19)44-70(5)45-85(125)20)60-90-65-120(135-90)105-55-75(10)50-100(130(105)145-25)115-35-30-110(140-115)94(124-82(17)42-69(4)43-83(124)18)59-89-64-119(134-89)104-54-73(8)48-98(128(104)143-23)113-33-28-108(138-113)92(122-78(13)38-67(2)39-79(122)14)57-87-62-117(132-87)102-52-71(6)46-96(126(102)141-21)111-31-26-106(91)136-111/h26-65,131-135H,1-25H3. The van der Waals surface area contributed by atoms with Gasteiger partial charge in [0.25, 0.3) is 0 Å². The summed E-state index contributed by atoms with van der Waals surface area (Å²) in [4.78, 5) is 27.9. The average molecular weight is 1900 g/mol. The van der Waals surface area contributed by atoms with Crippen LogP contribution in [0, 0.1) is 138 Å². The Morgan fingerprint density at radius 2 is 0.297 bits per heavy atom. The fourth-order valence-corrected chi connectivity index (χ4v) is 23.0. The van der Waals surface area contributed by atoms with E-state index in [4.69, 9.17) is 48.6 Å². The number of ether oxygens (including phenoxy) is 5. The number of nitrogens with zero attached hydrogens (tertiary/aromatic N) is 5. The highest BCUT2D eigenvalue weighted by molar-refractivity contribution is 6.19. The number of aryl methyl sites for hydroxylation is 20. The van der Waals surface area contributed by atoms with Gasteiger partial charge < -0.3 is 50.3 Å². The van der Waals surface area contributed by atoms with Gasteiger partial charge in [-0.2, -0.15) is 0 Å². The first kappa shape index (κ1) is 94.6. The van der Waals surface area contributed by atoms with Crippen LogP contribution >= 0.6 is 0 Å². The number of allylic oxidation sites excluding steroid dienone is 25. The SMILES string of the molecule is COc1c2cc(C)cc1C1=NC(=C(c3c(C)cc(C)cc3C)C=C3C=C(N3)c3cc(C)cc(c3OC)C3=NC(=C(c4c(C)cc(C)cc4C)C=C4C=C(N4)c4cc(C)cc(c4OC)C4=NC(=C(c5c(C)cc(C)cc5C)C=C5C=C(N5)c5cc(C)cc(c5OC)C5=NC(=C(c6c(C)cc(C)cc6C)C=C6C=C(N6)c6cc(C)cc(c6OC)C6=NC(=C(c7c(C)cc(C)cc7C)C=C7C=C2N7)C=C6)C=C5)C=C4)C=C3)C=C1. The Balaban J connectivity index is 0.705. The molecule has 0 radical (unpaired) electrons. The third kappa shape index (κ3) is 17.5. The lowest BCUT2D eigenvalue weighted by Gasteiger charge is -2.26. The van der Waals surface area contributed by atoms with Gasteiger partial charge in [0.05, 0.1) is 121 Å². The molecule has 30 bridgehead atoms. The molecule has 145 heavy (non-hydrogen) atoms. The number of benzene rings is 10. The van der Waals surface area contributed by atoms with Gasteiger partial charge in [0.15, 0.2) is 0 Å². The molecule has 0 aliphatic carbocycles. The van der Waals surface area contributed by atoms with Gasteiger partial charge in [0.2, 0.25) is 0 Å². The van der Waals surface area contributed by atoms with E-state index in [2.05, 4.69) is 408 Å². The second-order valence-corrected chi connectivity index (χ2v) is 40.4.